The van der Waals surface area contributed by atoms with E-state index < -0.39 is 0 Å². The molecule has 0 amide bonds. The quantitative estimate of drug-likeness (QED) is 0.908. The van der Waals surface area contributed by atoms with Crippen molar-refractivity contribution < 1.29 is 9.13 Å². The summed E-state index contributed by atoms with van der Waals surface area (Å²) in [4.78, 5) is 2.27. The molecule has 1 aliphatic heterocycles. The number of halogens is 2. The van der Waals surface area contributed by atoms with Gasteiger partial charge in [0.05, 0.1) is 6.10 Å². The van der Waals surface area contributed by atoms with Gasteiger partial charge in [-0.25, -0.2) is 4.39 Å². The minimum atomic E-state index is -0.315. The van der Waals surface area contributed by atoms with Gasteiger partial charge in [-0.2, -0.15) is 0 Å². The second kappa shape index (κ2) is 7.36. The van der Waals surface area contributed by atoms with E-state index >= 15 is 0 Å². The molecule has 0 bridgehead atoms. The van der Waals surface area contributed by atoms with Crippen molar-refractivity contribution in [3.05, 3.63) is 34.6 Å². The van der Waals surface area contributed by atoms with E-state index in [1.54, 1.807) is 6.07 Å². The Morgan fingerprint density at radius 1 is 1.50 bits per heavy atom. The smallest absolute Gasteiger partial charge is 0.125 e. The maximum atomic E-state index is 13.5. The van der Waals surface area contributed by atoms with Gasteiger partial charge in [-0.05, 0) is 50.1 Å². The molecule has 1 saturated heterocycles. The first-order chi connectivity index (χ1) is 9.63. The maximum Gasteiger partial charge on any atom is 0.125 e. The third-order valence-corrected chi connectivity index (χ3v) is 3.96. The van der Waals surface area contributed by atoms with Crippen molar-refractivity contribution in [1.82, 2.24) is 4.90 Å². The lowest BCUT2D eigenvalue weighted by Crippen LogP contribution is -2.44. The van der Waals surface area contributed by atoms with Crippen LogP contribution in [-0.4, -0.2) is 37.2 Å². The highest BCUT2D eigenvalue weighted by atomic mass is 35.5. The van der Waals surface area contributed by atoms with E-state index in [0.29, 0.717) is 11.6 Å². The number of ether oxygens (including phenoxy) is 1. The number of benzene rings is 1. The Balaban J connectivity index is 2.14. The molecule has 20 heavy (non-hydrogen) atoms. The molecule has 3 nitrogen and oxygen atoms in total. The highest BCUT2D eigenvalue weighted by Gasteiger charge is 2.26. The number of nitrogens with zero attached hydrogens (tertiary/aromatic N) is 1. The highest BCUT2D eigenvalue weighted by Crippen LogP contribution is 2.27. The first-order valence-corrected chi connectivity index (χ1v) is 7.53. The van der Waals surface area contributed by atoms with Gasteiger partial charge >= 0.3 is 0 Å². The molecule has 112 valence electrons. The van der Waals surface area contributed by atoms with E-state index in [0.717, 1.165) is 38.1 Å². The number of hydrogen-bond donors (Lipinski definition) is 1. The van der Waals surface area contributed by atoms with Crippen molar-refractivity contribution in [2.45, 2.75) is 31.9 Å². The Hall–Kier alpha value is -0.680. The van der Waals surface area contributed by atoms with Gasteiger partial charge in [-0.15, -0.1) is 0 Å². The van der Waals surface area contributed by atoms with Gasteiger partial charge in [0.25, 0.3) is 0 Å². The first-order valence-electron chi connectivity index (χ1n) is 7.15. The minimum absolute atomic E-state index is 0.00791. The molecule has 2 N–H and O–H groups in total. The molecule has 1 aromatic carbocycles. The summed E-state index contributed by atoms with van der Waals surface area (Å²) in [6, 6.07) is 4.63. The van der Waals surface area contributed by atoms with Crippen molar-refractivity contribution in [3.63, 3.8) is 0 Å². The summed E-state index contributed by atoms with van der Waals surface area (Å²) >= 11 is 5.94. The topological polar surface area (TPSA) is 38.5 Å². The summed E-state index contributed by atoms with van der Waals surface area (Å²) in [7, 11) is 0. The van der Waals surface area contributed by atoms with Crippen LogP contribution in [-0.2, 0) is 4.74 Å². The van der Waals surface area contributed by atoms with E-state index in [9.17, 15) is 4.39 Å². The van der Waals surface area contributed by atoms with Crippen molar-refractivity contribution in [3.8, 4) is 0 Å². The SMILES string of the molecule is CCOC1CCCN(C(CN)c2cc(F)cc(Cl)c2)C1. The molecule has 0 aromatic heterocycles. The zero-order valence-electron chi connectivity index (χ0n) is 11.8. The molecule has 0 radical (unpaired) electrons. The summed E-state index contributed by atoms with van der Waals surface area (Å²) in [6.45, 7) is 4.96. The second-order valence-electron chi connectivity index (χ2n) is 5.17. The molecule has 1 aliphatic rings. The molecule has 2 unspecified atom stereocenters. The van der Waals surface area contributed by atoms with Crippen molar-refractivity contribution in [2.24, 2.45) is 5.73 Å². The zero-order chi connectivity index (χ0) is 14.5. The number of piperidine rings is 1. The lowest BCUT2D eigenvalue weighted by atomic mass is 10.0. The Morgan fingerprint density at radius 3 is 2.95 bits per heavy atom. The molecule has 5 heteroatoms. The molecule has 0 spiro atoms. The molecular formula is C15H22ClFN2O. The van der Waals surface area contributed by atoms with Crippen LogP contribution in [0.2, 0.25) is 5.02 Å². The molecule has 0 aliphatic carbocycles. The van der Waals surface area contributed by atoms with E-state index in [-0.39, 0.29) is 18.0 Å². The monoisotopic (exact) mass is 300 g/mol. The fourth-order valence-corrected chi connectivity index (χ4v) is 3.11. The number of nitrogens with two attached hydrogens (primary N) is 1. The Labute approximate surface area is 124 Å². The van der Waals surface area contributed by atoms with Crippen LogP contribution in [0, 0.1) is 5.82 Å². The summed E-state index contributed by atoms with van der Waals surface area (Å²) < 4.78 is 19.2. The van der Waals surface area contributed by atoms with Crippen LogP contribution in [0.5, 0.6) is 0 Å². The zero-order valence-corrected chi connectivity index (χ0v) is 12.6. The molecule has 1 fully saturated rings. The molecule has 1 heterocycles. The Kier molecular flexibility index (Phi) is 5.78. The van der Waals surface area contributed by atoms with Crippen LogP contribution in [0.1, 0.15) is 31.4 Å². The van der Waals surface area contributed by atoms with Gasteiger partial charge in [0, 0.05) is 30.8 Å². The van der Waals surface area contributed by atoms with Gasteiger partial charge in [0.15, 0.2) is 0 Å². The summed E-state index contributed by atoms with van der Waals surface area (Å²) in [5.74, 6) is -0.315. The molecular weight excluding hydrogens is 279 g/mol. The Bertz CT molecular complexity index is 422. The van der Waals surface area contributed by atoms with Gasteiger partial charge in [0.2, 0.25) is 0 Å². The number of rotatable bonds is 5. The van der Waals surface area contributed by atoms with Gasteiger partial charge in [-0.3, -0.25) is 4.90 Å². The average molecular weight is 301 g/mol. The standard InChI is InChI=1S/C15H22ClFN2O/c1-2-20-14-4-3-5-19(10-14)15(9-18)11-6-12(16)8-13(17)7-11/h6-8,14-15H,2-5,9-10,18H2,1H3. The molecule has 2 rings (SSSR count). The minimum Gasteiger partial charge on any atom is -0.377 e. The van der Waals surface area contributed by atoms with Crippen LogP contribution in [0.4, 0.5) is 4.39 Å². The van der Waals surface area contributed by atoms with Crippen LogP contribution in [0.15, 0.2) is 18.2 Å². The van der Waals surface area contributed by atoms with Gasteiger partial charge in [0.1, 0.15) is 5.82 Å². The van der Waals surface area contributed by atoms with E-state index in [2.05, 4.69) is 4.90 Å². The third-order valence-electron chi connectivity index (χ3n) is 3.75. The van der Waals surface area contributed by atoms with Gasteiger partial charge in [-0.1, -0.05) is 11.6 Å². The third kappa shape index (κ3) is 3.92. The fraction of sp³-hybridized carbons (Fsp3) is 0.600. The number of hydrogen-bond acceptors (Lipinski definition) is 3. The molecule has 1 aromatic rings. The average Bonchev–Trinajstić information content (AvgIpc) is 2.39. The normalized spacial score (nSPS) is 21.9. The maximum absolute atomic E-state index is 13.5. The van der Waals surface area contributed by atoms with Crippen LogP contribution >= 0.6 is 11.6 Å². The van der Waals surface area contributed by atoms with E-state index in [1.807, 2.05) is 6.92 Å². The highest BCUT2D eigenvalue weighted by molar-refractivity contribution is 6.30. The molecule has 0 saturated carbocycles. The van der Waals surface area contributed by atoms with Crippen molar-refractivity contribution in [1.29, 1.82) is 0 Å². The first kappa shape index (κ1) is 15.7. The molecule has 2 atom stereocenters. The summed E-state index contributed by atoms with van der Waals surface area (Å²) in [6.07, 6.45) is 2.39. The van der Waals surface area contributed by atoms with Crippen molar-refractivity contribution >= 4 is 11.6 Å². The second-order valence-corrected chi connectivity index (χ2v) is 5.61. The largest absolute Gasteiger partial charge is 0.377 e. The predicted molar refractivity (Wildman–Crippen MR) is 79.4 cm³/mol. The summed E-state index contributed by atoms with van der Waals surface area (Å²) in [5.41, 5.74) is 6.75. The predicted octanol–water partition coefficient (Wildman–Crippen LogP) is 2.98. The van der Waals surface area contributed by atoms with E-state index in [1.165, 1.54) is 12.1 Å². The lowest BCUT2D eigenvalue weighted by molar-refractivity contribution is -0.00662. The summed E-state index contributed by atoms with van der Waals surface area (Å²) in [5, 5.41) is 0.414. The number of likely N-dealkylation sites (tertiary alicyclic amines) is 1. The van der Waals surface area contributed by atoms with Crippen LogP contribution in [0.25, 0.3) is 0 Å². The van der Waals surface area contributed by atoms with Gasteiger partial charge < -0.3 is 10.5 Å². The Morgan fingerprint density at radius 2 is 2.30 bits per heavy atom. The fourth-order valence-electron chi connectivity index (χ4n) is 2.88. The lowest BCUT2D eigenvalue weighted by Gasteiger charge is -2.38. The van der Waals surface area contributed by atoms with E-state index in [4.69, 9.17) is 22.1 Å². The van der Waals surface area contributed by atoms with Crippen LogP contribution in [0.3, 0.4) is 0 Å². The van der Waals surface area contributed by atoms with Crippen molar-refractivity contribution in [2.75, 3.05) is 26.2 Å². The van der Waals surface area contributed by atoms with Crippen LogP contribution < -0.4 is 5.73 Å².